The normalized spacial score (nSPS) is 24.6. The van der Waals surface area contributed by atoms with E-state index in [9.17, 15) is 9.59 Å². The number of hydrogen-bond donors (Lipinski definition) is 2. The van der Waals surface area contributed by atoms with Crippen LogP contribution in [0.5, 0.6) is 0 Å². The SMILES string of the molecule is CC(N)C1=NC(=O)C(C(C)C)C(=O)N1. The third-order valence-corrected chi connectivity index (χ3v) is 2.13. The molecule has 0 aromatic carbocycles. The molecule has 0 aromatic rings. The van der Waals surface area contributed by atoms with Crippen molar-refractivity contribution < 1.29 is 9.59 Å². The van der Waals surface area contributed by atoms with Gasteiger partial charge in [0.2, 0.25) is 5.91 Å². The molecule has 0 aromatic heterocycles. The quantitative estimate of drug-likeness (QED) is 0.594. The number of amidine groups is 1. The molecule has 0 radical (unpaired) electrons. The van der Waals surface area contributed by atoms with Crippen LogP contribution in [0.3, 0.4) is 0 Å². The van der Waals surface area contributed by atoms with Crippen molar-refractivity contribution in [2.75, 3.05) is 0 Å². The molecule has 1 aliphatic rings. The van der Waals surface area contributed by atoms with Gasteiger partial charge in [-0.15, -0.1) is 0 Å². The molecule has 5 heteroatoms. The summed E-state index contributed by atoms with van der Waals surface area (Å²) in [6, 6.07) is -0.420. The Balaban J connectivity index is 2.92. The maximum Gasteiger partial charge on any atom is 0.260 e. The summed E-state index contributed by atoms with van der Waals surface area (Å²) >= 11 is 0. The van der Waals surface area contributed by atoms with E-state index >= 15 is 0 Å². The van der Waals surface area contributed by atoms with E-state index in [1.807, 2.05) is 13.8 Å². The fraction of sp³-hybridized carbons (Fsp3) is 0.667. The number of aliphatic imine (C=N–C) groups is 1. The highest BCUT2D eigenvalue weighted by Crippen LogP contribution is 2.16. The zero-order chi connectivity index (χ0) is 10.9. The van der Waals surface area contributed by atoms with Gasteiger partial charge in [-0.1, -0.05) is 13.8 Å². The zero-order valence-corrected chi connectivity index (χ0v) is 8.57. The minimum atomic E-state index is -0.669. The van der Waals surface area contributed by atoms with E-state index in [4.69, 9.17) is 5.73 Å². The maximum atomic E-state index is 11.5. The maximum absolute atomic E-state index is 11.5. The van der Waals surface area contributed by atoms with Gasteiger partial charge in [0.25, 0.3) is 5.91 Å². The monoisotopic (exact) mass is 197 g/mol. The molecule has 2 unspecified atom stereocenters. The Morgan fingerprint density at radius 1 is 1.36 bits per heavy atom. The second-order valence-electron chi connectivity index (χ2n) is 3.83. The zero-order valence-electron chi connectivity index (χ0n) is 8.57. The van der Waals surface area contributed by atoms with Crippen molar-refractivity contribution in [1.82, 2.24) is 5.32 Å². The summed E-state index contributed by atoms with van der Waals surface area (Å²) in [5, 5.41) is 2.54. The van der Waals surface area contributed by atoms with Gasteiger partial charge >= 0.3 is 0 Å². The number of carbonyl (C=O) groups is 2. The second kappa shape index (κ2) is 3.88. The molecular formula is C9H15N3O2. The lowest BCUT2D eigenvalue weighted by Crippen LogP contribution is -2.51. The third kappa shape index (κ3) is 1.98. The van der Waals surface area contributed by atoms with Crippen LogP contribution in [-0.4, -0.2) is 23.7 Å². The van der Waals surface area contributed by atoms with Gasteiger partial charge in [0.05, 0.1) is 6.04 Å². The van der Waals surface area contributed by atoms with E-state index in [1.54, 1.807) is 6.92 Å². The van der Waals surface area contributed by atoms with Gasteiger partial charge in [-0.2, -0.15) is 4.99 Å². The Morgan fingerprint density at radius 2 is 1.93 bits per heavy atom. The summed E-state index contributed by atoms with van der Waals surface area (Å²) in [6.45, 7) is 5.30. The number of rotatable bonds is 2. The van der Waals surface area contributed by atoms with Crippen LogP contribution in [0.1, 0.15) is 20.8 Å². The number of hydrogen-bond acceptors (Lipinski definition) is 3. The predicted molar refractivity (Wildman–Crippen MR) is 52.6 cm³/mol. The summed E-state index contributed by atoms with van der Waals surface area (Å²) in [7, 11) is 0. The second-order valence-corrected chi connectivity index (χ2v) is 3.83. The molecule has 0 saturated carbocycles. The van der Waals surface area contributed by atoms with Gasteiger partial charge in [0.1, 0.15) is 11.8 Å². The van der Waals surface area contributed by atoms with Crippen molar-refractivity contribution in [1.29, 1.82) is 0 Å². The molecule has 0 saturated heterocycles. The van der Waals surface area contributed by atoms with Crippen LogP contribution in [0.2, 0.25) is 0 Å². The molecule has 5 nitrogen and oxygen atoms in total. The van der Waals surface area contributed by atoms with Gasteiger partial charge in [-0.3, -0.25) is 9.59 Å². The number of nitrogens with zero attached hydrogens (tertiary/aromatic N) is 1. The molecule has 0 bridgehead atoms. The summed E-state index contributed by atoms with van der Waals surface area (Å²) in [6.07, 6.45) is 0. The summed E-state index contributed by atoms with van der Waals surface area (Å²) in [5.41, 5.74) is 5.52. The van der Waals surface area contributed by atoms with E-state index < -0.39 is 17.9 Å². The molecule has 2 atom stereocenters. The lowest BCUT2D eigenvalue weighted by Gasteiger charge is -2.23. The summed E-state index contributed by atoms with van der Waals surface area (Å²) in [5.74, 6) is -1.14. The van der Waals surface area contributed by atoms with Crippen LogP contribution >= 0.6 is 0 Å². The van der Waals surface area contributed by atoms with Crippen molar-refractivity contribution in [2.45, 2.75) is 26.8 Å². The smallest absolute Gasteiger partial charge is 0.260 e. The van der Waals surface area contributed by atoms with Gasteiger partial charge in [0, 0.05) is 0 Å². The first kappa shape index (κ1) is 10.8. The van der Waals surface area contributed by atoms with E-state index in [0.29, 0.717) is 0 Å². The van der Waals surface area contributed by atoms with Crippen molar-refractivity contribution in [2.24, 2.45) is 22.6 Å². The highest BCUT2D eigenvalue weighted by atomic mass is 16.2. The molecular weight excluding hydrogens is 182 g/mol. The van der Waals surface area contributed by atoms with Gasteiger partial charge in [0.15, 0.2) is 0 Å². The molecule has 0 fully saturated rings. The predicted octanol–water partition coefficient (Wildman–Crippen LogP) is -0.339. The Bertz CT molecular complexity index is 294. The van der Waals surface area contributed by atoms with Gasteiger partial charge in [-0.05, 0) is 12.8 Å². The van der Waals surface area contributed by atoms with Crippen LogP contribution < -0.4 is 11.1 Å². The molecule has 0 aliphatic carbocycles. The Morgan fingerprint density at radius 3 is 2.29 bits per heavy atom. The Labute approximate surface area is 82.8 Å². The summed E-state index contributed by atoms with van der Waals surface area (Å²) in [4.78, 5) is 26.7. The van der Waals surface area contributed by atoms with Crippen molar-refractivity contribution in [3.63, 3.8) is 0 Å². The van der Waals surface area contributed by atoms with E-state index in [1.165, 1.54) is 0 Å². The number of carbonyl (C=O) groups excluding carboxylic acids is 2. The van der Waals surface area contributed by atoms with Crippen LogP contribution in [-0.2, 0) is 9.59 Å². The molecule has 1 aliphatic heterocycles. The fourth-order valence-electron chi connectivity index (χ4n) is 1.34. The van der Waals surface area contributed by atoms with E-state index in [-0.39, 0.29) is 17.7 Å². The van der Waals surface area contributed by atoms with Crippen molar-refractivity contribution in [3.05, 3.63) is 0 Å². The number of nitrogens with two attached hydrogens (primary N) is 1. The topological polar surface area (TPSA) is 84.5 Å². The standard InChI is InChI=1S/C9H15N3O2/c1-4(2)6-8(13)11-7(5(3)10)12-9(6)14/h4-6H,10H2,1-3H3,(H,11,12,13,14). The van der Waals surface area contributed by atoms with Crippen molar-refractivity contribution >= 4 is 17.6 Å². The lowest BCUT2D eigenvalue weighted by molar-refractivity contribution is -0.135. The van der Waals surface area contributed by atoms with Crippen molar-refractivity contribution in [3.8, 4) is 0 Å². The van der Waals surface area contributed by atoms with Gasteiger partial charge in [-0.25, -0.2) is 0 Å². The Kier molecular flexibility index (Phi) is 3.00. The lowest BCUT2D eigenvalue weighted by atomic mass is 9.93. The molecule has 2 amide bonds. The van der Waals surface area contributed by atoms with Crippen LogP contribution in [0, 0.1) is 11.8 Å². The molecule has 1 rings (SSSR count). The van der Waals surface area contributed by atoms with Crippen LogP contribution in [0.25, 0.3) is 0 Å². The van der Waals surface area contributed by atoms with E-state index in [0.717, 1.165) is 0 Å². The Hall–Kier alpha value is -1.23. The average molecular weight is 197 g/mol. The minimum absolute atomic E-state index is 0.0409. The first-order chi connectivity index (χ1) is 6.43. The van der Waals surface area contributed by atoms with E-state index in [2.05, 4.69) is 10.3 Å². The molecule has 0 spiro atoms. The first-order valence-electron chi connectivity index (χ1n) is 4.62. The highest BCUT2D eigenvalue weighted by molar-refractivity contribution is 6.17. The number of nitrogens with one attached hydrogen (secondary N) is 1. The largest absolute Gasteiger partial charge is 0.322 e. The minimum Gasteiger partial charge on any atom is -0.322 e. The molecule has 78 valence electrons. The average Bonchev–Trinajstić information content (AvgIpc) is 2.01. The highest BCUT2D eigenvalue weighted by Gasteiger charge is 2.34. The van der Waals surface area contributed by atoms with Gasteiger partial charge < -0.3 is 11.1 Å². The van der Waals surface area contributed by atoms with Crippen LogP contribution in [0.15, 0.2) is 4.99 Å². The fourth-order valence-corrected chi connectivity index (χ4v) is 1.34. The number of amides is 2. The third-order valence-electron chi connectivity index (χ3n) is 2.13. The molecule has 14 heavy (non-hydrogen) atoms. The van der Waals surface area contributed by atoms with Crippen LogP contribution in [0.4, 0.5) is 0 Å². The molecule has 3 N–H and O–H groups in total. The first-order valence-corrected chi connectivity index (χ1v) is 4.62. The summed E-state index contributed by atoms with van der Waals surface area (Å²) < 4.78 is 0. The molecule has 1 heterocycles.